The molecule has 28 heavy (non-hydrogen) atoms. The Morgan fingerprint density at radius 1 is 0.929 bits per heavy atom. The van der Waals surface area contributed by atoms with Crippen molar-refractivity contribution in [2.75, 3.05) is 6.61 Å². The van der Waals surface area contributed by atoms with Gasteiger partial charge in [0.15, 0.2) is 0 Å². The Labute approximate surface area is 163 Å². The van der Waals surface area contributed by atoms with E-state index in [4.69, 9.17) is 4.74 Å². The summed E-state index contributed by atoms with van der Waals surface area (Å²) in [6.07, 6.45) is 2.65. The van der Waals surface area contributed by atoms with Crippen LogP contribution in [0.25, 0.3) is 11.4 Å². The summed E-state index contributed by atoms with van der Waals surface area (Å²) in [6, 6.07) is 17.3. The first-order chi connectivity index (χ1) is 13.7. The second-order valence-electron chi connectivity index (χ2n) is 6.67. The number of nitrogens with zero attached hydrogens (tertiary/aromatic N) is 2. The third-order valence-electron chi connectivity index (χ3n) is 4.73. The number of aliphatic hydroxyl groups excluding tert-OH is 2. The van der Waals surface area contributed by atoms with Gasteiger partial charge in [0, 0.05) is 29.9 Å². The summed E-state index contributed by atoms with van der Waals surface area (Å²) < 4.78 is 5.68. The molecule has 0 bridgehead atoms. The van der Waals surface area contributed by atoms with Gasteiger partial charge in [0.05, 0.1) is 30.2 Å². The van der Waals surface area contributed by atoms with Gasteiger partial charge in [0.25, 0.3) is 0 Å². The Kier molecular flexibility index (Phi) is 5.45. The van der Waals surface area contributed by atoms with Crippen LogP contribution in [0.4, 0.5) is 0 Å². The third-order valence-corrected chi connectivity index (χ3v) is 4.73. The van der Waals surface area contributed by atoms with E-state index in [9.17, 15) is 10.2 Å². The minimum absolute atomic E-state index is 0.172. The molecule has 0 saturated carbocycles. The third kappa shape index (κ3) is 4.10. The molecule has 1 fully saturated rings. The molecule has 1 aliphatic rings. The van der Waals surface area contributed by atoms with Crippen LogP contribution in [0.15, 0.2) is 67.0 Å². The molecule has 0 spiro atoms. The first-order valence-corrected chi connectivity index (χ1v) is 9.17. The molecule has 140 valence electrons. The number of hydrogen-bond donors (Lipinski definition) is 2. The van der Waals surface area contributed by atoms with Gasteiger partial charge in [-0.2, -0.15) is 0 Å². The Morgan fingerprint density at radius 2 is 1.68 bits per heavy atom. The quantitative estimate of drug-likeness (QED) is 0.692. The number of benzene rings is 1. The summed E-state index contributed by atoms with van der Waals surface area (Å²) in [6.45, 7) is -0.172. The van der Waals surface area contributed by atoms with Crippen molar-refractivity contribution in [3.05, 3.63) is 83.7 Å². The fourth-order valence-electron chi connectivity index (χ4n) is 3.17. The van der Waals surface area contributed by atoms with E-state index < -0.39 is 12.2 Å². The standard InChI is InChI=1S/C23H20N2O3/c26-15-23-21(27)13-22(28-23)18-9-6-16(7-10-18)4-5-17-8-11-20(25-14-17)19-3-1-2-12-24-19/h1-3,6-12,14,21-23,26-27H,13,15H2/t21-,22-,23+/m0/s1. The molecule has 5 nitrogen and oxygen atoms in total. The van der Waals surface area contributed by atoms with E-state index >= 15 is 0 Å². The Balaban J connectivity index is 1.43. The molecule has 3 atom stereocenters. The fourth-order valence-corrected chi connectivity index (χ4v) is 3.17. The minimum atomic E-state index is -0.629. The van der Waals surface area contributed by atoms with E-state index in [0.29, 0.717) is 6.42 Å². The summed E-state index contributed by atoms with van der Waals surface area (Å²) in [7, 11) is 0. The fraction of sp³-hybridized carbons (Fsp3) is 0.217. The van der Waals surface area contributed by atoms with Gasteiger partial charge in [-0.3, -0.25) is 9.97 Å². The van der Waals surface area contributed by atoms with Crippen LogP contribution in [0, 0.1) is 11.8 Å². The van der Waals surface area contributed by atoms with Gasteiger partial charge in [-0.15, -0.1) is 0 Å². The first kappa shape index (κ1) is 18.3. The molecule has 1 aliphatic heterocycles. The van der Waals surface area contributed by atoms with Crippen molar-refractivity contribution < 1.29 is 14.9 Å². The lowest BCUT2D eigenvalue weighted by molar-refractivity contribution is -0.0225. The number of pyridine rings is 2. The predicted molar refractivity (Wildman–Crippen MR) is 105 cm³/mol. The van der Waals surface area contributed by atoms with E-state index in [1.54, 1.807) is 12.4 Å². The summed E-state index contributed by atoms with van der Waals surface area (Å²) in [5, 5.41) is 19.1. The van der Waals surface area contributed by atoms with Crippen LogP contribution >= 0.6 is 0 Å². The van der Waals surface area contributed by atoms with Crippen molar-refractivity contribution in [2.45, 2.75) is 24.7 Å². The van der Waals surface area contributed by atoms with Crippen molar-refractivity contribution in [1.29, 1.82) is 0 Å². The molecule has 0 amide bonds. The zero-order chi connectivity index (χ0) is 19.3. The van der Waals surface area contributed by atoms with Crippen LogP contribution in [-0.4, -0.2) is 39.0 Å². The Morgan fingerprint density at radius 3 is 2.32 bits per heavy atom. The van der Waals surface area contributed by atoms with Crippen LogP contribution < -0.4 is 0 Å². The lowest BCUT2D eigenvalue weighted by Gasteiger charge is -2.12. The van der Waals surface area contributed by atoms with Crippen molar-refractivity contribution in [3.63, 3.8) is 0 Å². The van der Waals surface area contributed by atoms with Gasteiger partial charge >= 0.3 is 0 Å². The van der Waals surface area contributed by atoms with Crippen LogP contribution in [0.3, 0.4) is 0 Å². The molecule has 3 heterocycles. The highest BCUT2D eigenvalue weighted by atomic mass is 16.5. The number of aliphatic hydroxyl groups is 2. The molecule has 2 aromatic heterocycles. The lowest BCUT2D eigenvalue weighted by Crippen LogP contribution is -2.24. The molecule has 3 aromatic rings. The number of ether oxygens (including phenoxy) is 1. The summed E-state index contributed by atoms with van der Waals surface area (Å²) in [5.74, 6) is 6.25. The molecule has 0 aliphatic carbocycles. The van der Waals surface area contributed by atoms with Gasteiger partial charge in [-0.1, -0.05) is 30.0 Å². The number of rotatable bonds is 3. The highest BCUT2D eigenvalue weighted by molar-refractivity contribution is 5.55. The molecule has 2 N–H and O–H groups in total. The number of aromatic nitrogens is 2. The van der Waals surface area contributed by atoms with Gasteiger partial charge in [0.2, 0.25) is 0 Å². The first-order valence-electron chi connectivity index (χ1n) is 9.17. The SMILES string of the molecule is OC[C@H]1O[C@H](c2ccc(C#Cc3ccc(-c4ccccn4)nc3)cc2)C[C@@H]1O. The van der Waals surface area contributed by atoms with Gasteiger partial charge < -0.3 is 14.9 Å². The minimum Gasteiger partial charge on any atom is -0.394 e. The van der Waals surface area contributed by atoms with Crippen molar-refractivity contribution in [3.8, 4) is 23.2 Å². The Hall–Kier alpha value is -3.04. The summed E-state index contributed by atoms with van der Waals surface area (Å²) in [5.41, 5.74) is 4.34. The van der Waals surface area contributed by atoms with Crippen molar-refractivity contribution >= 4 is 0 Å². The van der Waals surface area contributed by atoms with E-state index in [1.165, 1.54) is 0 Å². The van der Waals surface area contributed by atoms with Crippen molar-refractivity contribution in [1.82, 2.24) is 9.97 Å². The maximum absolute atomic E-state index is 9.86. The van der Waals surface area contributed by atoms with Gasteiger partial charge in [-0.05, 0) is 42.0 Å². The summed E-state index contributed by atoms with van der Waals surface area (Å²) in [4.78, 5) is 8.71. The van der Waals surface area contributed by atoms with E-state index in [-0.39, 0.29) is 12.7 Å². The monoisotopic (exact) mass is 372 g/mol. The second kappa shape index (κ2) is 8.32. The number of hydrogen-bond acceptors (Lipinski definition) is 5. The van der Waals surface area contributed by atoms with E-state index in [2.05, 4.69) is 21.8 Å². The average Bonchev–Trinajstić information content (AvgIpc) is 3.14. The maximum atomic E-state index is 9.86. The Bertz CT molecular complexity index is 976. The highest BCUT2D eigenvalue weighted by Gasteiger charge is 2.33. The molecule has 4 rings (SSSR count). The molecule has 5 heteroatoms. The molecule has 0 unspecified atom stereocenters. The largest absolute Gasteiger partial charge is 0.394 e. The average molecular weight is 372 g/mol. The van der Waals surface area contributed by atoms with Gasteiger partial charge in [-0.25, -0.2) is 0 Å². The van der Waals surface area contributed by atoms with Crippen LogP contribution in [0.5, 0.6) is 0 Å². The van der Waals surface area contributed by atoms with E-state index in [1.807, 2.05) is 54.6 Å². The molecular formula is C23H20N2O3. The normalized spacial score (nSPS) is 21.1. The smallest absolute Gasteiger partial charge is 0.107 e. The summed E-state index contributed by atoms with van der Waals surface area (Å²) >= 11 is 0. The maximum Gasteiger partial charge on any atom is 0.107 e. The zero-order valence-electron chi connectivity index (χ0n) is 15.2. The van der Waals surface area contributed by atoms with E-state index in [0.717, 1.165) is 28.1 Å². The second-order valence-corrected chi connectivity index (χ2v) is 6.67. The van der Waals surface area contributed by atoms with Gasteiger partial charge in [0.1, 0.15) is 6.10 Å². The topological polar surface area (TPSA) is 75.5 Å². The zero-order valence-corrected chi connectivity index (χ0v) is 15.2. The van der Waals surface area contributed by atoms with Crippen LogP contribution in [0.1, 0.15) is 29.2 Å². The highest BCUT2D eigenvalue weighted by Crippen LogP contribution is 2.32. The lowest BCUT2D eigenvalue weighted by atomic mass is 10.0. The van der Waals surface area contributed by atoms with Crippen molar-refractivity contribution in [2.24, 2.45) is 0 Å². The van der Waals surface area contributed by atoms with Crippen LogP contribution in [0.2, 0.25) is 0 Å². The molecule has 1 saturated heterocycles. The molecule has 0 radical (unpaired) electrons. The predicted octanol–water partition coefficient (Wildman–Crippen LogP) is 2.73. The molecular weight excluding hydrogens is 352 g/mol. The van der Waals surface area contributed by atoms with Crippen LogP contribution in [-0.2, 0) is 4.74 Å². The molecule has 1 aromatic carbocycles.